The van der Waals surface area contributed by atoms with Gasteiger partial charge in [-0.1, -0.05) is 98.8 Å². The first-order valence-electron chi connectivity index (χ1n) is 9.17. The molecule has 0 spiro atoms. The van der Waals surface area contributed by atoms with Crippen molar-refractivity contribution in [1.82, 2.24) is 0 Å². The van der Waals surface area contributed by atoms with Gasteiger partial charge in [-0.3, -0.25) is 0 Å². The maximum Gasteiger partial charge on any atom is 0.0211 e. The van der Waals surface area contributed by atoms with Crippen LogP contribution in [0.2, 0.25) is 0 Å². The van der Waals surface area contributed by atoms with Gasteiger partial charge in [0.15, 0.2) is 0 Å². The van der Waals surface area contributed by atoms with E-state index >= 15 is 0 Å². The first-order valence-corrected chi connectivity index (χ1v) is 9.17. The van der Waals surface area contributed by atoms with E-state index in [1.165, 1.54) is 17.5 Å². The predicted molar refractivity (Wildman–Crippen MR) is 102 cm³/mol. The zero-order valence-corrected chi connectivity index (χ0v) is 14.6. The van der Waals surface area contributed by atoms with E-state index in [2.05, 4.69) is 98.8 Å². The Balaban J connectivity index is 1.88. The zero-order valence-electron chi connectivity index (χ0n) is 14.6. The molecule has 0 saturated heterocycles. The summed E-state index contributed by atoms with van der Waals surface area (Å²) in [4.78, 5) is 0. The molecule has 0 N–H and O–H groups in total. The van der Waals surface area contributed by atoms with E-state index in [-0.39, 0.29) is 5.41 Å². The highest BCUT2D eigenvalue weighted by Gasteiger charge is 2.50. The van der Waals surface area contributed by atoms with Crippen molar-refractivity contribution in [2.45, 2.75) is 25.7 Å². The molecule has 2 aliphatic rings. The van der Waals surface area contributed by atoms with E-state index in [0.29, 0.717) is 23.7 Å². The molecule has 0 amide bonds. The number of allylic oxidation sites excluding steroid dienone is 4. The Bertz CT molecular complexity index is 699. The third kappa shape index (κ3) is 2.36. The van der Waals surface area contributed by atoms with Crippen molar-refractivity contribution in [1.29, 1.82) is 0 Å². The lowest BCUT2D eigenvalue weighted by atomic mass is 9.61. The molecule has 0 bridgehead atoms. The van der Waals surface area contributed by atoms with Crippen molar-refractivity contribution in [3.8, 4) is 0 Å². The highest BCUT2D eigenvalue weighted by Crippen LogP contribution is 2.55. The summed E-state index contributed by atoms with van der Waals surface area (Å²) < 4.78 is 0. The maximum absolute atomic E-state index is 2.47. The molecule has 1 fully saturated rings. The van der Waals surface area contributed by atoms with E-state index in [1.54, 1.807) is 0 Å². The van der Waals surface area contributed by atoms with Crippen LogP contribution in [0.15, 0.2) is 85.0 Å². The fourth-order valence-electron chi connectivity index (χ4n) is 5.32. The molecular weight excluding hydrogens is 288 g/mol. The van der Waals surface area contributed by atoms with Crippen LogP contribution in [0.1, 0.15) is 31.4 Å². The van der Waals surface area contributed by atoms with Gasteiger partial charge >= 0.3 is 0 Å². The van der Waals surface area contributed by atoms with E-state index in [1.807, 2.05) is 0 Å². The number of benzene rings is 2. The fourth-order valence-corrected chi connectivity index (χ4v) is 5.32. The van der Waals surface area contributed by atoms with Crippen molar-refractivity contribution >= 4 is 0 Å². The van der Waals surface area contributed by atoms with Crippen LogP contribution in [0.3, 0.4) is 0 Å². The quantitative estimate of drug-likeness (QED) is 0.651. The van der Waals surface area contributed by atoms with E-state index in [9.17, 15) is 0 Å². The summed E-state index contributed by atoms with van der Waals surface area (Å²) in [6, 6.07) is 22.2. The molecule has 24 heavy (non-hydrogen) atoms. The van der Waals surface area contributed by atoms with E-state index < -0.39 is 0 Å². The number of fused-ring (bicyclic) bond motifs is 1. The Morgan fingerprint density at radius 1 is 0.792 bits per heavy atom. The topological polar surface area (TPSA) is 0 Å². The van der Waals surface area contributed by atoms with Crippen LogP contribution in [0, 0.1) is 23.7 Å². The van der Waals surface area contributed by atoms with Crippen LogP contribution >= 0.6 is 0 Å². The summed E-state index contributed by atoms with van der Waals surface area (Å²) in [6.07, 6.45) is 10.7. The Morgan fingerprint density at radius 3 is 1.92 bits per heavy atom. The number of hydrogen-bond donors (Lipinski definition) is 0. The minimum atomic E-state index is 0.0386. The Hall–Kier alpha value is -2.08. The Labute approximate surface area is 145 Å². The second-order valence-electron chi connectivity index (χ2n) is 7.68. The third-order valence-corrected chi connectivity index (χ3v) is 6.38. The molecule has 4 atom stereocenters. The Morgan fingerprint density at radius 2 is 1.33 bits per heavy atom. The van der Waals surface area contributed by atoms with Gasteiger partial charge in [0.25, 0.3) is 0 Å². The lowest BCUT2D eigenvalue weighted by Gasteiger charge is -2.42. The first kappa shape index (κ1) is 15.4. The van der Waals surface area contributed by atoms with Gasteiger partial charge in [-0.05, 0) is 41.2 Å². The molecule has 0 heterocycles. The molecule has 0 aliphatic heterocycles. The fraction of sp³-hybridized carbons (Fsp3) is 0.333. The normalized spacial score (nSPS) is 28.8. The highest BCUT2D eigenvalue weighted by molar-refractivity contribution is 5.41. The van der Waals surface area contributed by atoms with Gasteiger partial charge in [0.1, 0.15) is 0 Å². The second kappa shape index (κ2) is 6.09. The van der Waals surface area contributed by atoms with Crippen LogP contribution in [0.4, 0.5) is 0 Å². The zero-order chi connectivity index (χ0) is 16.6. The predicted octanol–water partition coefficient (Wildman–Crippen LogP) is 6.01. The SMILES string of the molecule is CC1CC2C=CC=CC2C1C(C)(c1ccccc1)c1ccccc1. The van der Waals surface area contributed by atoms with Gasteiger partial charge in [0.05, 0.1) is 0 Å². The van der Waals surface area contributed by atoms with Gasteiger partial charge in [-0.15, -0.1) is 0 Å². The Kier molecular flexibility index (Phi) is 3.92. The molecule has 0 aromatic heterocycles. The molecule has 1 saturated carbocycles. The first-order chi connectivity index (χ1) is 11.7. The third-order valence-electron chi connectivity index (χ3n) is 6.38. The summed E-state index contributed by atoms with van der Waals surface area (Å²) in [7, 11) is 0. The smallest absolute Gasteiger partial charge is 0.0211 e. The van der Waals surface area contributed by atoms with Crippen molar-refractivity contribution in [2.24, 2.45) is 23.7 Å². The van der Waals surface area contributed by atoms with Crippen LogP contribution < -0.4 is 0 Å². The van der Waals surface area contributed by atoms with E-state index in [0.717, 1.165) is 0 Å². The lowest BCUT2D eigenvalue weighted by Crippen LogP contribution is -2.39. The van der Waals surface area contributed by atoms with Crippen LogP contribution in [0.25, 0.3) is 0 Å². The molecule has 0 nitrogen and oxygen atoms in total. The van der Waals surface area contributed by atoms with Crippen molar-refractivity contribution in [3.05, 3.63) is 96.1 Å². The highest BCUT2D eigenvalue weighted by atomic mass is 14.5. The lowest BCUT2D eigenvalue weighted by molar-refractivity contribution is 0.239. The summed E-state index contributed by atoms with van der Waals surface area (Å²) in [5.74, 6) is 2.66. The van der Waals surface area contributed by atoms with Crippen molar-refractivity contribution in [2.75, 3.05) is 0 Å². The molecule has 2 aromatic rings. The monoisotopic (exact) mass is 314 g/mol. The molecular formula is C24H26. The van der Waals surface area contributed by atoms with E-state index in [4.69, 9.17) is 0 Å². The standard InChI is InChI=1S/C24H26/c1-18-17-19-11-9-10-16-22(19)23(18)24(2,20-12-5-3-6-13-20)21-14-7-4-8-15-21/h3-16,18-19,22-23H,17H2,1-2H3. The minimum Gasteiger partial charge on any atom is -0.0808 e. The maximum atomic E-state index is 2.47. The molecule has 122 valence electrons. The molecule has 0 radical (unpaired) electrons. The van der Waals surface area contributed by atoms with Gasteiger partial charge in [0.2, 0.25) is 0 Å². The average molecular weight is 314 g/mol. The van der Waals surface area contributed by atoms with Crippen molar-refractivity contribution < 1.29 is 0 Å². The summed E-state index contributed by atoms with van der Waals surface area (Å²) in [5.41, 5.74) is 2.92. The van der Waals surface area contributed by atoms with Gasteiger partial charge in [-0.25, -0.2) is 0 Å². The van der Waals surface area contributed by atoms with Gasteiger partial charge in [0, 0.05) is 5.41 Å². The minimum absolute atomic E-state index is 0.0386. The summed E-state index contributed by atoms with van der Waals surface area (Å²) in [6.45, 7) is 4.92. The molecule has 4 unspecified atom stereocenters. The van der Waals surface area contributed by atoms with Crippen LogP contribution in [-0.2, 0) is 5.41 Å². The van der Waals surface area contributed by atoms with Gasteiger partial charge in [-0.2, -0.15) is 0 Å². The summed E-state index contributed by atoms with van der Waals surface area (Å²) in [5, 5.41) is 0. The van der Waals surface area contributed by atoms with Crippen molar-refractivity contribution in [3.63, 3.8) is 0 Å². The second-order valence-corrected chi connectivity index (χ2v) is 7.68. The largest absolute Gasteiger partial charge is 0.0808 e. The molecule has 4 rings (SSSR count). The number of rotatable bonds is 3. The molecule has 2 aliphatic carbocycles. The molecule has 0 heteroatoms. The van der Waals surface area contributed by atoms with Gasteiger partial charge < -0.3 is 0 Å². The number of hydrogen-bond acceptors (Lipinski definition) is 0. The molecule has 2 aromatic carbocycles. The average Bonchev–Trinajstić information content (AvgIpc) is 2.99. The van der Waals surface area contributed by atoms with Crippen LogP contribution in [-0.4, -0.2) is 0 Å². The summed E-state index contributed by atoms with van der Waals surface area (Å²) >= 11 is 0. The van der Waals surface area contributed by atoms with Crippen LogP contribution in [0.5, 0.6) is 0 Å².